The van der Waals surface area contributed by atoms with Crippen LogP contribution in [0.4, 0.5) is 0 Å². The Morgan fingerprint density at radius 1 is 1.04 bits per heavy atom. The first-order chi connectivity index (χ1) is 11.0. The Balaban J connectivity index is 1.80. The molecule has 2 aliphatic rings. The summed E-state index contributed by atoms with van der Waals surface area (Å²) in [6.07, 6.45) is 7.60. The molecule has 0 bridgehead atoms. The van der Waals surface area contributed by atoms with Crippen LogP contribution in [0, 0.1) is 0 Å². The molecule has 1 aromatic carbocycles. The molecule has 4 rings (SSSR count). The molecule has 1 spiro atoms. The lowest BCUT2D eigenvalue weighted by Gasteiger charge is -2.46. The molecule has 0 unspecified atom stereocenters. The summed E-state index contributed by atoms with van der Waals surface area (Å²) in [5.41, 5.74) is 3.39. The van der Waals surface area contributed by atoms with Crippen LogP contribution in [0.15, 0.2) is 36.7 Å². The van der Waals surface area contributed by atoms with Gasteiger partial charge in [-0.1, -0.05) is 24.3 Å². The summed E-state index contributed by atoms with van der Waals surface area (Å²) < 4.78 is 2.40. The number of imidazole rings is 1. The molecule has 3 heteroatoms. The SMILES string of the molecule is CC(C)(C)N1CCC2(CC1)c1ccccc1CCn1ccnc12. The standard InChI is InChI=1S/C20H27N3/c1-19(2,3)23-13-9-20(10-14-23)17-7-5-4-6-16(17)8-12-22-15-11-21-18(20)22/h4-7,11,15H,8-10,12-14H2,1-3H3. The zero-order valence-electron chi connectivity index (χ0n) is 14.5. The van der Waals surface area contributed by atoms with Crippen molar-refractivity contribution in [3.63, 3.8) is 0 Å². The van der Waals surface area contributed by atoms with E-state index in [9.17, 15) is 0 Å². The molecule has 1 aromatic heterocycles. The molecular formula is C20H27N3. The number of hydrogen-bond donors (Lipinski definition) is 0. The number of hydrogen-bond acceptors (Lipinski definition) is 2. The molecule has 23 heavy (non-hydrogen) atoms. The van der Waals surface area contributed by atoms with Crippen molar-refractivity contribution in [3.05, 3.63) is 53.6 Å². The average Bonchev–Trinajstić information content (AvgIpc) is 2.97. The summed E-state index contributed by atoms with van der Waals surface area (Å²) >= 11 is 0. The molecule has 2 aliphatic heterocycles. The van der Waals surface area contributed by atoms with Crippen molar-refractivity contribution in [2.45, 2.75) is 57.5 Å². The van der Waals surface area contributed by atoms with E-state index in [0.717, 1.165) is 38.9 Å². The largest absolute Gasteiger partial charge is 0.334 e. The van der Waals surface area contributed by atoms with Crippen LogP contribution >= 0.6 is 0 Å². The molecule has 3 heterocycles. The minimum Gasteiger partial charge on any atom is -0.334 e. The first kappa shape index (κ1) is 14.9. The summed E-state index contributed by atoms with van der Waals surface area (Å²) in [5.74, 6) is 1.29. The van der Waals surface area contributed by atoms with Gasteiger partial charge in [-0.3, -0.25) is 4.90 Å². The number of rotatable bonds is 0. The summed E-state index contributed by atoms with van der Waals surface area (Å²) in [4.78, 5) is 7.45. The molecule has 0 radical (unpaired) electrons. The van der Waals surface area contributed by atoms with Gasteiger partial charge in [0.2, 0.25) is 0 Å². The third-order valence-electron chi connectivity index (χ3n) is 5.86. The van der Waals surface area contributed by atoms with Gasteiger partial charge in [0.25, 0.3) is 0 Å². The van der Waals surface area contributed by atoms with E-state index in [2.05, 4.69) is 60.7 Å². The number of likely N-dealkylation sites (tertiary alicyclic amines) is 1. The van der Waals surface area contributed by atoms with E-state index in [1.165, 1.54) is 17.0 Å². The van der Waals surface area contributed by atoms with Gasteiger partial charge in [0, 0.05) is 24.5 Å². The fourth-order valence-corrected chi connectivity index (χ4v) is 4.53. The second-order valence-electron chi connectivity index (χ2n) is 8.09. The van der Waals surface area contributed by atoms with Crippen molar-refractivity contribution < 1.29 is 0 Å². The van der Waals surface area contributed by atoms with Crippen LogP contribution in [0.25, 0.3) is 0 Å². The second-order valence-corrected chi connectivity index (χ2v) is 8.09. The maximum Gasteiger partial charge on any atom is 0.119 e. The van der Waals surface area contributed by atoms with Crippen molar-refractivity contribution >= 4 is 0 Å². The van der Waals surface area contributed by atoms with E-state index in [1.807, 2.05) is 6.20 Å². The first-order valence-corrected chi connectivity index (χ1v) is 8.86. The van der Waals surface area contributed by atoms with Crippen LogP contribution < -0.4 is 0 Å². The quantitative estimate of drug-likeness (QED) is 0.741. The fourth-order valence-electron chi connectivity index (χ4n) is 4.53. The highest BCUT2D eigenvalue weighted by molar-refractivity contribution is 5.42. The zero-order valence-corrected chi connectivity index (χ0v) is 14.5. The third kappa shape index (κ3) is 2.33. The number of aryl methyl sites for hydroxylation is 2. The van der Waals surface area contributed by atoms with Crippen LogP contribution in [0.3, 0.4) is 0 Å². The Morgan fingerprint density at radius 3 is 2.52 bits per heavy atom. The van der Waals surface area contributed by atoms with Crippen molar-refractivity contribution in [1.82, 2.24) is 14.5 Å². The minimum absolute atomic E-state index is 0.0956. The fraction of sp³-hybridized carbons (Fsp3) is 0.550. The van der Waals surface area contributed by atoms with Gasteiger partial charge in [-0.25, -0.2) is 4.98 Å². The molecule has 1 fully saturated rings. The Morgan fingerprint density at radius 2 is 1.78 bits per heavy atom. The summed E-state index contributed by atoms with van der Waals surface area (Å²) in [6, 6.07) is 9.06. The van der Waals surface area contributed by atoms with Gasteiger partial charge < -0.3 is 4.57 Å². The lowest BCUT2D eigenvalue weighted by molar-refractivity contribution is 0.0821. The summed E-state index contributed by atoms with van der Waals surface area (Å²) in [5, 5.41) is 0. The molecule has 3 nitrogen and oxygen atoms in total. The van der Waals surface area contributed by atoms with Gasteiger partial charge >= 0.3 is 0 Å². The molecule has 122 valence electrons. The van der Waals surface area contributed by atoms with E-state index in [0.29, 0.717) is 0 Å². The maximum atomic E-state index is 4.82. The highest BCUT2D eigenvalue weighted by atomic mass is 15.2. The molecule has 0 saturated carbocycles. The van der Waals surface area contributed by atoms with Gasteiger partial charge in [-0.2, -0.15) is 0 Å². The smallest absolute Gasteiger partial charge is 0.119 e. The van der Waals surface area contributed by atoms with Crippen LogP contribution in [0.1, 0.15) is 50.6 Å². The average molecular weight is 309 g/mol. The summed E-state index contributed by atoms with van der Waals surface area (Å²) in [7, 11) is 0. The number of benzene rings is 1. The highest BCUT2D eigenvalue weighted by Gasteiger charge is 2.44. The van der Waals surface area contributed by atoms with E-state index < -0.39 is 0 Å². The van der Waals surface area contributed by atoms with Gasteiger partial charge in [-0.15, -0.1) is 0 Å². The first-order valence-electron chi connectivity index (χ1n) is 8.86. The molecule has 0 amide bonds. The monoisotopic (exact) mass is 309 g/mol. The number of piperidine rings is 1. The Hall–Kier alpha value is -1.61. The normalized spacial score (nSPS) is 20.8. The molecular weight excluding hydrogens is 282 g/mol. The van der Waals surface area contributed by atoms with Crippen LogP contribution in [-0.2, 0) is 18.4 Å². The maximum absolute atomic E-state index is 4.82. The van der Waals surface area contributed by atoms with Crippen molar-refractivity contribution in [3.8, 4) is 0 Å². The van der Waals surface area contributed by atoms with E-state index >= 15 is 0 Å². The topological polar surface area (TPSA) is 21.1 Å². The van der Waals surface area contributed by atoms with Crippen molar-refractivity contribution in [2.75, 3.05) is 13.1 Å². The Bertz CT molecular complexity index is 700. The Labute approximate surface area is 139 Å². The molecule has 0 N–H and O–H groups in total. The van der Waals surface area contributed by atoms with Crippen LogP contribution in [0.2, 0.25) is 0 Å². The van der Waals surface area contributed by atoms with Gasteiger partial charge in [-0.05, 0) is 64.3 Å². The van der Waals surface area contributed by atoms with E-state index in [4.69, 9.17) is 4.98 Å². The number of nitrogens with zero attached hydrogens (tertiary/aromatic N) is 3. The molecule has 0 aliphatic carbocycles. The van der Waals surface area contributed by atoms with Crippen molar-refractivity contribution in [2.24, 2.45) is 0 Å². The number of fused-ring (bicyclic) bond motifs is 4. The molecule has 0 atom stereocenters. The van der Waals surface area contributed by atoms with E-state index in [-0.39, 0.29) is 11.0 Å². The highest BCUT2D eigenvalue weighted by Crippen LogP contribution is 2.45. The minimum atomic E-state index is 0.0956. The predicted molar refractivity (Wildman–Crippen MR) is 93.7 cm³/mol. The Kier molecular flexibility index (Phi) is 3.38. The zero-order chi connectivity index (χ0) is 16.1. The number of aromatic nitrogens is 2. The van der Waals surface area contributed by atoms with Crippen LogP contribution in [-0.4, -0.2) is 33.1 Å². The summed E-state index contributed by atoms with van der Waals surface area (Å²) in [6.45, 7) is 10.3. The van der Waals surface area contributed by atoms with Crippen molar-refractivity contribution in [1.29, 1.82) is 0 Å². The second kappa shape index (κ2) is 5.20. The molecule has 2 aromatic rings. The predicted octanol–water partition coefficient (Wildman–Crippen LogP) is 3.62. The van der Waals surface area contributed by atoms with E-state index in [1.54, 1.807) is 0 Å². The molecule has 1 saturated heterocycles. The lowest BCUT2D eigenvalue weighted by Crippen LogP contribution is -2.51. The van der Waals surface area contributed by atoms with Crippen LogP contribution in [0.5, 0.6) is 0 Å². The third-order valence-corrected chi connectivity index (χ3v) is 5.86. The lowest BCUT2D eigenvalue weighted by atomic mass is 9.70. The van der Waals surface area contributed by atoms with Gasteiger partial charge in [0.1, 0.15) is 5.82 Å². The van der Waals surface area contributed by atoms with Gasteiger partial charge in [0.15, 0.2) is 0 Å². The van der Waals surface area contributed by atoms with Gasteiger partial charge in [0.05, 0.1) is 5.41 Å².